The third-order valence-corrected chi connectivity index (χ3v) is 7.12. The van der Waals surface area contributed by atoms with Crippen molar-refractivity contribution in [1.82, 2.24) is 10.0 Å². The summed E-state index contributed by atoms with van der Waals surface area (Å²) >= 11 is 0. The molecule has 1 aliphatic rings. The van der Waals surface area contributed by atoms with Gasteiger partial charge in [0.2, 0.25) is 10.0 Å². The van der Waals surface area contributed by atoms with Gasteiger partial charge in [-0.1, -0.05) is 54.6 Å². The zero-order valence-electron chi connectivity index (χ0n) is 17.9. The summed E-state index contributed by atoms with van der Waals surface area (Å²) in [5, 5.41) is 3.07. The molecule has 0 saturated heterocycles. The third-order valence-electron chi connectivity index (χ3n) is 5.70. The van der Waals surface area contributed by atoms with Gasteiger partial charge in [-0.05, 0) is 54.2 Å². The Morgan fingerprint density at radius 3 is 2.56 bits per heavy atom. The number of amides is 1. The molecule has 0 heterocycles. The molecule has 0 saturated carbocycles. The van der Waals surface area contributed by atoms with Gasteiger partial charge in [-0.25, -0.2) is 13.1 Å². The number of carbonyl (C=O) groups is 1. The highest BCUT2D eigenvalue weighted by Crippen LogP contribution is 2.30. The average molecular weight is 451 g/mol. The number of hydrogen-bond acceptors (Lipinski definition) is 4. The summed E-state index contributed by atoms with van der Waals surface area (Å²) < 4.78 is 33.8. The number of ether oxygens (including phenoxy) is 1. The molecule has 0 fully saturated rings. The molecule has 1 amide bonds. The number of nitrogens with one attached hydrogen (secondary N) is 2. The number of aryl methyl sites for hydroxylation is 1. The molecule has 4 rings (SSSR count). The lowest BCUT2D eigenvalue weighted by molar-refractivity contribution is 0.0932. The highest BCUT2D eigenvalue weighted by Gasteiger charge is 2.25. The first-order valence-corrected chi connectivity index (χ1v) is 12.1. The molecule has 1 aliphatic carbocycles. The molecule has 0 unspecified atom stereocenters. The van der Waals surface area contributed by atoms with Crippen LogP contribution < -0.4 is 14.8 Å². The van der Waals surface area contributed by atoms with E-state index < -0.39 is 10.0 Å². The van der Waals surface area contributed by atoms with Crippen molar-refractivity contribution in [2.45, 2.75) is 36.7 Å². The molecule has 6 nitrogen and oxygen atoms in total. The van der Waals surface area contributed by atoms with Crippen molar-refractivity contribution < 1.29 is 17.9 Å². The highest BCUT2D eigenvalue weighted by molar-refractivity contribution is 7.89. The smallest absolute Gasteiger partial charge is 0.251 e. The van der Waals surface area contributed by atoms with Crippen LogP contribution in [0.2, 0.25) is 0 Å². The van der Waals surface area contributed by atoms with Crippen LogP contribution in [-0.2, 0) is 23.0 Å². The standard InChI is InChI=1S/C25H26N2O4S/c1-31-23-15-14-20(16-24(23)32(29,30)26-17-18-8-3-2-4-9-18)25(28)27-22-13-7-11-19-10-5-6-12-21(19)22/h2-6,8-10,12,14-16,22,26H,7,11,13,17H2,1H3,(H,27,28)/t22-/m0/s1. The monoisotopic (exact) mass is 450 g/mol. The normalized spacial score (nSPS) is 15.6. The van der Waals surface area contributed by atoms with Gasteiger partial charge >= 0.3 is 0 Å². The second-order valence-corrected chi connectivity index (χ2v) is 9.53. The minimum atomic E-state index is -3.89. The van der Waals surface area contributed by atoms with E-state index in [0.29, 0.717) is 0 Å². The minimum Gasteiger partial charge on any atom is -0.495 e. The van der Waals surface area contributed by atoms with Crippen molar-refractivity contribution in [2.75, 3.05) is 7.11 Å². The zero-order valence-corrected chi connectivity index (χ0v) is 18.7. The average Bonchev–Trinajstić information content (AvgIpc) is 2.83. The van der Waals surface area contributed by atoms with E-state index in [9.17, 15) is 13.2 Å². The van der Waals surface area contributed by atoms with Crippen molar-refractivity contribution >= 4 is 15.9 Å². The number of benzene rings is 3. The van der Waals surface area contributed by atoms with E-state index in [2.05, 4.69) is 16.1 Å². The lowest BCUT2D eigenvalue weighted by Crippen LogP contribution is -2.31. The maximum Gasteiger partial charge on any atom is 0.251 e. The predicted octanol–water partition coefficient (Wildman–Crippen LogP) is 3.98. The minimum absolute atomic E-state index is 0.0624. The number of rotatable bonds is 7. The van der Waals surface area contributed by atoms with E-state index in [-0.39, 0.29) is 34.7 Å². The van der Waals surface area contributed by atoms with E-state index in [1.165, 1.54) is 24.8 Å². The van der Waals surface area contributed by atoms with Crippen LogP contribution in [0.4, 0.5) is 0 Å². The largest absolute Gasteiger partial charge is 0.495 e. The first kappa shape index (κ1) is 22.0. The summed E-state index contributed by atoms with van der Waals surface area (Å²) in [5.74, 6) is -0.126. The SMILES string of the molecule is COc1ccc(C(=O)N[C@H]2CCCc3ccccc32)cc1S(=O)(=O)NCc1ccccc1. The van der Waals surface area contributed by atoms with Gasteiger partial charge < -0.3 is 10.1 Å². The second-order valence-electron chi connectivity index (χ2n) is 7.79. The summed E-state index contributed by atoms with van der Waals surface area (Å²) in [6, 6.07) is 21.7. The van der Waals surface area contributed by atoms with E-state index in [0.717, 1.165) is 30.4 Å². The lowest BCUT2D eigenvalue weighted by Gasteiger charge is -2.26. The Kier molecular flexibility index (Phi) is 6.58. The Morgan fingerprint density at radius 2 is 1.78 bits per heavy atom. The molecule has 0 aromatic heterocycles. The number of carbonyl (C=O) groups excluding carboxylic acids is 1. The second kappa shape index (κ2) is 9.54. The molecule has 7 heteroatoms. The van der Waals surface area contributed by atoms with E-state index in [1.54, 1.807) is 6.07 Å². The highest BCUT2D eigenvalue weighted by atomic mass is 32.2. The fraction of sp³-hybridized carbons (Fsp3) is 0.240. The molecule has 2 N–H and O–H groups in total. The van der Waals surface area contributed by atoms with E-state index in [4.69, 9.17) is 4.74 Å². The summed E-state index contributed by atoms with van der Waals surface area (Å²) in [7, 11) is -2.49. The molecule has 0 spiro atoms. The molecular weight excluding hydrogens is 424 g/mol. The Hall–Kier alpha value is -3.16. The quantitative estimate of drug-likeness (QED) is 0.570. The third kappa shape index (κ3) is 4.84. The molecule has 3 aromatic carbocycles. The van der Waals surface area contributed by atoms with Crippen LogP contribution in [0.5, 0.6) is 5.75 Å². The zero-order chi connectivity index (χ0) is 22.6. The molecule has 0 aliphatic heterocycles. The number of sulfonamides is 1. The first-order valence-electron chi connectivity index (χ1n) is 10.6. The van der Waals surface area contributed by atoms with Crippen LogP contribution in [0.15, 0.2) is 77.7 Å². The van der Waals surface area contributed by atoms with Crippen LogP contribution in [0.3, 0.4) is 0 Å². The molecule has 3 aromatic rings. The summed E-state index contributed by atoms with van der Waals surface area (Å²) in [4.78, 5) is 13.0. The maximum absolute atomic E-state index is 13.0. The summed E-state index contributed by atoms with van der Waals surface area (Å²) in [6.07, 6.45) is 2.84. The molecule has 1 atom stereocenters. The van der Waals surface area contributed by atoms with Gasteiger partial charge in [0.05, 0.1) is 13.2 Å². The van der Waals surface area contributed by atoms with Gasteiger partial charge in [0.15, 0.2) is 0 Å². The van der Waals surface area contributed by atoms with Crippen LogP contribution in [-0.4, -0.2) is 21.4 Å². The van der Waals surface area contributed by atoms with Crippen molar-refractivity contribution in [3.8, 4) is 5.75 Å². The predicted molar refractivity (Wildman–Crippen MR) is 123 cm³/mol. The van der Waals surface area contributed by atoms with Crippen LogP contribution in [0.1, 0.15) is 45.9 Å². The van der Waals surface area contributed by atoms with Gasteiger partial charge in [-0.15, -0.1) is 0 Å². The van der Waals surface area contributed by atoms with E-state index in [1.807, 2.05) is 48.5 Å². The summed E-state index contributed by atoms with van der Waals surface area (Å²) in [5.41, 5.74) is 3.47. The van der Waals surface area contributed by atoms with Crippen molar-refractivity contribution in [2.24, 2.45) is 0 Å². The molecule has 0 bridgehead atoms. The summed E-state index contributed by atoms with van der Waals surface area (Å²) in [6.45, 7) is 0.140. The Morgan fingerprint density at radius 1 is 1.03 bits per heavy atom. The Balaban J connectivity index is 1.56. The Bertz CT molecular complexity index is 1210. The van der Waals surface area contributed by atoms with Gasteiger partial charge in [-0.2, -0.15) is 0 Å². The molecular formula is C25H26N2O4S. The van der Waals surface area contributed by atoms with Crippen LogP contribution in [0, 0.1) is 0 Å². The fourth-order valence-electron chi connectivity index (χ4n) is 4.03. The number of methoxy groups -OCH3 is 1. The Labute approximate surface area is 188 Å². The van der Waals surface area contributed by atoms with Crippen LogP contribution >= 0.6 is 0 Å². The van der Waals surface area contributed by atoms with Crippen molar-refractivity contribution in [1.29, 1.82) is 0 Å². The maximum atomic E-state index is 13.0. The topological polar surface area (TPSA) is 84.5 Å². The lowest BCUT2D eigenvalue weighted by atomic mass is 9.87. The first-order chi connectivity index (χ1) is 15.5. The van der Waals surface area contributed by atoms with Gasteiger partial charge in [0.25, 0.3) is 5.91 Å². The fourth-order valence-corrected chi connectivity index (χ4v) is 5.24. The number of fused-ring (bicyclic) bond motifs is 1. The van der Waals surface area contributed by atoms with Crippen LogP contribution in [0.25, 0.3) is 0 Å². The van der Waals surface area contributed by atoms with Gasteiger partial charge in [-0.3, -0.25) is 4.79 Å². The van der Waals surface area contributed by atoms with E-state index >= 15 is 0 Å². The molecule has 166 valence electrons. The van der Waals surface area contributed by atoms with Gasteiger partial charge in [0, 0.05) is 12.1 Å². The van der Waals surface area contributed by atoms with Gasteiger partial charge in [0.1, 0.15) is 10.6 Å². The van der Waals surface area contributed by atoms with Crippen molar-refractivity contribution in [3.05, 3.63) is 95.1 Å². The molecule has 32 heavy (non-hydrogen) atoms. The van der Waals surface area contributed by atoms with Crippen molar-refractivity contribution in [3.63, 3.8) is 0 Å². The number of hydrogen-bond donors (Lipinski definition) is 2. The molecule has 0 radical (unpaired) electrons.